The fourth-order valence-corrected chi connectivity index (χ4v) is 8.62. The Labute approximate surface area is 329 Å². The summed E-state index contributed by atoms with van der Waals surface area (Å²) in [4.78, 5) is 29.6. The van der Waals surface area contributed by atoms with Crippen LogP contribution in [-0.2, 0) is 24.8 Å². The molecule has 11 nitrogen and oxygen atoms in total. The van der Waals surface area contributed by atoms with Gasteiger partial charge in [0.1, 0.15) is 22.9 Å². The quantitative estimate of drug-likeness (QED) is 0.123. The molecular formula is C42H45Cl2N5O6. The molecular weight excluding hydrogens is 741 g/mol. The highest BCUT2D eigenvalue weighted by molar-refractivity contribution is 6.35. The summed E-state index contributed by atoms with van der Waals surface area (Å²) in [6.07, 6.45) is 1.18. The highest BCUT2D eigenvalue weighted by atomic mass is 35.5. The topological polar surface area (TPSA) is 113 Å². The Morgan fingerprint density at radius 1 is 0.964 bits per heavy atom. The monoisotopic (exact) mass is 785 g/mol. The van der Waals surface area contributed by atoms with Crippen molar-refractivity contribution in [2.75, 3.05) is 38.9 Å². The first-order chi connectivity index (χ1) is 26.3. The number of fused-ring (bicyclic) bond motifs is 4. The van der Waals surface area contributed by atoms with Gasteiger partial charge in [-0.25, -0.2) is 4.79 Å². The van der Waals surface area contributed by atoms with Crippen molar-refractivity contribution in [3.8, 4) is 22.6 Å². The standard InChI is InChI=1S/C42H45Cl2N5O6/c1-22-18-27(19-23(2)37(22)44)55-16-9-10-28-29-11-12-31(43)36(35-25(4)45-46(6)26(35)5)39(29)49-24(3)21-48(41(50)40(28)49)32-13-14-34(54-8)30-20-33(42(51)52)47(38(30)32)15-17-53-7/h11-14,18-20,24H,9-10,15-17,21H2,1-8H3,(H,51,52). The Kier molecular flexibility index (Phi) is 10.4. The van der Waals surface area contributed by atoms with Crippen LogP contribution in [0.1, 0.15) is 68.4 Å². The Hall–Kier alpha value is -4.97. The van der Waals surface area contributed by atoms with Gasteiger partial charge >= 0.3 is 5.97 Å². The molecule has 0 saturated carbocycles. The Bertz CT molecular complexity index is 2490. The van der Waals surface area contributed by atoms with Crippen molar-refractivity contribution in [1.82, 2.24) is 18.9 Å². The summed E-state index contributed by atoms with van der Waals surface area (Å²) in [6.45, 7) is 11.3. The Morgan fingerprint density at radius 2 is 1.69 bits per heavy atom. The summed E-state index contributed by atoms with van der Waals surface area (Å²) >= 11 is 13.5. The molecule has 55 heavy (non-hydrogen) atoms. The lowest BCUT2D eigenvalue weighted by molar-refractivity contribution is 0.0683. The first kappa shape index (κ1) is 38.3. The van der Waals surface area contributed by atoms with Crippen molar-refractivity contribution in [3.63, 3.8) is 0 Å². The number of ether oxygens (including phenoxy) is 3. The molecule has 0 bridgehead atoms. The van der Waals surface area contributed by atoms with Crippen molar-refractivity contribution in [2.24, 2.45) is 7.05 Å². The summed E-state index contributed by atoms with van der Waals surface area (Å²) in [6, 6.07) is 12.8. The molecule has 0 spiro atoms. The number of aromatic nitrogens is 4. The van der Waals surface area contributed by atoms with E-state index in [0.717, 1.165) is 60.9 Å². The number of carboxylic acid groups (broad SMARTS) is 1. The molecule has 1 aliphatic rings. The predicted molar refractivity (Wildman–Crippen MR) is 217 cm³/mol. The molecule has 0 saturated heterocycles. The van der Waals surface area contributed by atoms with Gasteiger partial charge in [-0.15, -0.1) is 0 Å². The van der Waals surface area contributed by atoms with Gasteiger partial charge in [0.15, 0.2) is 0 Å². The number of carbonyl (C=O) groups is 2. The normalized spacial score (nSPS) is 14.3. The van der Waals surface area contributed by atoms with E-state index in [1.54, 1.807) is 35.8 Å². The number of anilines is 1. The predicted octanol–water partition coefficient (Wildman–Crippen LogP) is 9.12. The number of nitrogens with zero attached hydrogens (tertiary/aromatic N) is 5. The molecule has 7 rings (SSSR count). The van der Waals surface area contributed by atoms with Gasteiger partial charge in [-0.3, -0.25) is 9.48 Å². The molecule has 4 heterocycles. The van der Waals surface area contributed by atoms with Gasteiger partial charge in [-0.1, -0.05) is 29.3 Å². The molecule has 1 atom stereocenters. The maximum Gasteiger partial charge on any atom is 0.352 e. The lowest BCUT2D eigenvalue weighted by Crippen LogP contribution is -2.43. The number of carboxylic acids is 1. The summed E-state index contributed by atoms with van der Waals surface area (Å²) < 4.78 is 23.0. The minimum atomic E-state index is -1.09. The molecule has 6 aromatic rings. The fourth-order valence-electron chi connectivity index (χ4n) is 8.26. The van der Waals surface area contributed by atoms with Crippen molar-refractivity contribution in [1.29, 1.82) is 0 Å². The van der Waals surface area contributed by atoms with Crippen molar-refractivity contribution in [3.05, 3.63) is 92.0 Å². The maximum absolute atomic E-state index is 15.3. The highest BCUT2D eigenvalue weighted by Crippen LogP contribution is 2.46. The van der Waals surface area contributed by atoms with Gasteiger partial charge in [0.05, 0.1) is 47.8 Å². The number of benzene rings is 3. The zero-order valence-corrected chi connectivity index (χ0v) is 33.9. The van der Waals surface area contributed by atoms with Crippen LogP contribution in [0.3, 0.4) is 0 Å². The van der Waals surface area contributed by atoms with Crippen molar-refractivity contribution < 1.29 is 28.9 Å². The van der Waals surface area contributed by atoms with Crippen LogP contribution in [0.2, 0.25) is 10.0 Å². The minimum Gasteiger partial charge on any atom is -0.496 e. The minimum absolute atomic E-state index is 0.0812. The van der Waals surface area contributed by atoms with E-state index in [9.17, 15) is 9.90 Å². The van der Waals surface area contributed by atoms with E-state index >= 15 is 4.79 Å². The van der Waals surface area contributed by atoms with Crippen molar-refractivity contribution in [2.45, 2.75) is 60.0 Å². The van der Waals surface area contributed by atoms with Crippen LogP contribution in [0.5, 0.6) is 11.5 Å². The van der Waals surface area contributed by atoms with Crippen LogP contribution < -0.4 is 14.4 Å². The SMILES string of the molecule is COCCn1c(C(=O)O)cc2c(OC)ccc(N3CC(C)n4c(c(CCCOc5cc(C)c(Cl)c(C)c5)c5ccc(Cl)c(-c6c(C)nn(C)c6C)c54)C3=O)c21. The van der Waals surface area contributed by atoms with Crippen LogP contribution in [0.4, 0.5) is 5.69 Å². The number of carbonyl (C=O) groups excluding carboxylic acids is 1. The average molecular weight is 787 g/mol. The first-order valence-corrected chi connectivity index (χ1v) is 19.0. The molecule has 1 amide bonds. The second-order valence-corrected chi connectivity index (χ2v) is 15.1. The molecule has 0 fully saturated rings. The maximum atomic E-state index is 15.3. The van der Waals surface area contributed by atoms with E-state index in [1.807, 2.05) is 69.8 Å². The number of rotatable bonds is 12. The van der Waals surface area contributed by atoms with Crippen LogP contribution >= 0.6 is 23.2 Å². The molecule has 3 aromatic carbocycles. The largest absolute Gasteiger partial charge is 0.496 e. The van der Waals surface area contributed by atoms with E-state index in [0.29, 0.717) is 59.0 Å². The highest BCUT2D eigenvalue weighted by Gasteiger charge is 2.38. The zero-order valence-electron chi connectivity index (χ0n) is 32.3. The molecule has 288 valence electrons. The fraction of sp³-hybridized carbons (Fsp3) is 0.357. The number of methoxy groups -OCH3 is 2. The lowest BCUT2D eigenvalue weighted by Gasteiger charge is -2.35. The average Bonchev–Trinajstić information content (AvgIpc) is 3.78. The first-order valence-electron chi connectivity index (χ1n) is 18.3. The van der Waals surface area contributed by atoms with E-state index in [2.05, 4.69) is 11.5 Å². The smallest absolute Gasteiger partial charge is 0.352 e. The van der Waals surface area contributed by atoms with E-state index in [4.69, 9.17) is 42.5 Å². The number of hydrogen-bond acceptors (Lipinski definition) is 6. The van der Waals surface area contributed by atoms with E-state index < -0.39 is 5.97 Å². The number of aryl methyl sites for hydroxylation is 5. The molecule has 1 N–H and O–H groups in total. The number of hydrogen-bond donors (Lipinski definition) is 1. The van der Waals surface area contributed by atoms with E-state index in [1.165, 1.54) is 0 Å². The van der Waals surface area contributed by atoms with Crippen LogP contribution in [-0.4, -0.2) is 69.9 Å². The van der Waals surface area contributed by atoms with Crippen molar-refractivity contribution >= 4 is 62.6 Å². The third-order valence-electron chi connectivity index (χ3n) is 10.8. The molecule has 1 aliphatic heterocycles. The number of aromatic carboxylic acids is 1. The van der Waals surface area contributed by atoms with Gasteiger partial charge in [-0.2, -0.15) is 5.10 Å². The lowest BCUT2D eigenvalue weighted by atomic mass is 9.98. The summed E-state index contributed by atoms with van der Waals surface area (Å²) in [7, 11) is 5.04. The summed E-state index contributed by atoms with van der Waals surface area (Å²) in [5.41, 5.74) is 9.10. The van der Waals surface area contributed by atoms with Gasteiger partial charge in [-0.05, 0) is 101 Å². The second kappa shape index (κ2) is 14.9. The number of amides is 1. The molecule has 1 unspecified atom stereocenters. The van der Waals surface area contributed by atoms with Gasteiger partial charge < -0.3 is 33.4 Å². The zero-order chi connectivity index (χ0) is 39.5. The molecule has 0 aliphatic carbocycles. The molecule has 3 aromatic heterocycles. The number of halogens is 2. The third kappa shape index (κ3) is 6.41. The van der Waals surface area contributed by atoms with Crippen LogP contribution in [0.25, 0.3) is 32.9 Å². The molecule has 13 heteroatoms. The molecule has 0 radical (unpaired) electrons. The Balaban J connectivity index is 1.41. The third-order valence-corrected chi connectivity index (χ3v) is 11.7. The van der Waals surface area contributed by atoms with Crippen LogP contribution in [0.15, 0.2) is 42.5 Å². The van der Waals surface area contributed by atoms with Gasteiger partial charge in [0, 0.05) is 65.9 Å². The Morgan fingerprint density at radius 3 is 2.33 bits per heavy atom. The second-order valence-electron chi connectivity index (χ2n) is 14.3. The van der Waals surface area contributed by atoms with E-state index in [-0.39, 0.29) is 30.8 Å². The van der Waals surface area contributed by atoms with Gasteiger partial charge in [0.25, 0.3) is 5.91 Å². The summed E-state index contributed by atoms with van der Waals surface area (Å²) in [5, 5.41) is 17.8. The summed E-state index contributed by atoms with van der Waals surface area (Å²) in [5.74, 6) is -0.0232. The van der Waals surface area contributed by atoms with Crippen LogP contribution in [0, 0.1) is 27.7 Å². The van der Waals surface area contributed by atoms with Gasteiger partial charge in [0.2, 0.25) is 0 Å².